The second kappa shape index (κ2) is 12.5. The maximum Gasteiger partial charge on any atom is 0.245 e. The van der Waals surface area contributed by atoms with E-state index in [1.807, 2.05) is 6.92 Å². The molecule has 15 nitrogen and oxygen atoms in total. The fourth-order valence-electron chi connectivity index (χ4n) is 3.89. The number of ether oxygens (including phenoxy) is 4. The summed E-state index contributed by atoms with van der Waals surface area (Å²) in [6.07, 6.45) is 3.65. The monoisotopic (exact) mass is 557 g/mol. The fraction of sp³-hybridized carbons (Fsp3) is 0.348. The van der Waals surface area contributed by atoms with Crippen LogP contribution in [0.4, 0.5) is 0 Å². The van der Waals surface area contributed by atoms with Gasteiger partial charge in [-0.2, -0.15) is 9.97 Å². The van der Waals surface area contributed by atoms with Gasteiger partial charge in [0.2, 0.25) is 28.5 Å². The zero-order valence-corrected chi connectivity index (χ0v) is 22.7. The summed E-state index contributed by atoms with van der Waals surface area (Å²) in [6, 6.07) is 4.28. The number of rotatable bonds is 12. The number of nitrogens with one attached hydrogen (secondary N) is 1. The van der Waals surface area contributed by atoms with E-state index in [2.05, 4.69) is 39.8 Å². The third-order valence-electron chi connectivity index (χ3n) is 5.61. The highest BCUT2D eigenvalue weighted by atomic mass is 32.2. The highest BCUT2D eigenvalue weighted by Gasteiger charge is 2.31. The lowest BCUT2D eigenvalue weighted by atomic mass is 10.1. The van der Waals surface area contributed by atoms with Crippen molar-refractivity contribution in [1.82, 2.24) is 44.4 Å². The Morgan fingerprint density at radius 1 is 0.949 bits per heavy atom. The maximum absolute atomic E-state index is 11.9. The highest BCUT2D eigenvalue weighted by Crippen LogP contribution is 2.34. The summed E-state index contributed by atoms with van der Waals surface area (Å²) in [5.74, 6) is 1.54. The molecule has 0 aromatic carbocycles. The van der Waals surface area contributed by atoms with Gasteiger partial charge in [0.15, 0.2) is 17.3 Å². The Kier molecular flexibility index (Phi) is 8.90. The Bertz CT molecular complexity index is 1470. The van der Waals surface area contributed by atoms with Gasteiger partial charge >= 0.3 is 0 Å². The number of aryl methyl sites for hydroxylation is 1. The van der Waals surface area contributed by atoms with E-state index in [1.165, 1.54) is 34.8 Å². The average Bonchev–Trinajstić information content (AvgIpc) is 3.36. The van der Waals surface area contributed by atoms with Crippen LogP contribution < -0.4 is 18.9 Å². The van der Waals surface area contributed by atoms with Crippen molar-refractivity contribution in [2.45, 2.75) is 25.5 Å². The summed E-state index contributed by atoms with van der Waals surface area (Å²) in [6.45, 7) is 1.84. The Hall–Kier alpha value is -4.28. The van der Waals surface area contributed by atoms with Gasteiger partial charge in [-0.3, -0.25) is 4.57 Å². The molecule has 4 rings (SSSR count). The third-order valence-corrected chi connectivity index (χ3v) is 6.15. The Morgan fingerprint density at radius 2 is 1.64 bits per heavy atom. The van der Waals surface area contributed by atoms with Gasteiger partial charge in [-0.15, -0.1) is 10.2 Å². The molecule has 0 aliphatic rings. The van der Waals surface area contributed by atoms with Crippen LogP contribution in [0, 0.1) is 6.92 Å². The second-order valence-corrected chi connectivity index (χ2v) is 8.83. The van der Waals surface area contributed by atoms with E-state index in [9.17, 15) is 8.42 Å². The molecule has 0 amide bonds. The number of hydrogen-bond donors (Lipinski definition) is 2. The maximum atomic E-state index is 11.9. The van der Waals surface area contributed by atoms with Gasteiger partial charge in [0, 0.05) is 32.0 Å². The van der Waals surface area contributed by atoms with Crippen molar-refractivity contribution >= 4 is 10.9 Å². The normalized spacial score (nSPS) is 12.8. The number of pyridine rings is 1. The largest absolute Gasteiger partial charge is 0.481 e. The second-order valence-electron chi connectivity index (χ2n) is 8.05. The van der Waals surface area contributed by atoms with Crippen LogP contribution in [0.2, 0.25) is 0 Å². The number of methoxy groups -OCH3 is 4. The first-order valence-corrected chi connectivity index (χ1v) is 12.7. The van der Waals surface area contributed by atoms with E-state index >= 15 is 0 Å². The van der Waals surface area contributed by atoms with Crippen LogP contribution >= 0.6 is 0 Å². The Morgan fingerprint density at radius 3 is 2.23 bits per heavy atom. The lowest BCUT2D eigenvalue weighted by molar-refractivity contribution is 0.0675. The molecule has 0 spiro atoms. The van der Waals surface area contributed by atoms with E-state index in [0.29, 0.717) is 17.4 Å². The molecule has 0 aliphatic heterocycles. The minimum absolute atomic E-state index is 0.0166. The van der Waals surface area contributed by atoms with Gasteiger partial charge in [0.1, 0.15) is 23.9 Å². The average molecular weight is 558 g/mol. The Labute approximate surface area is 225 Å². The summed E-state index contributed by atoms with van der Waals surface area (Å²) in [4.78, 5) is 21.6. The van der Waals surface area contributed by atoms with Crippen LogP contribution in [0.1, 0.15) is 23.3 Å². The van der Waals surface area contributed by atoms with Crippen LogP contribution in [-0.2, 0) is 22.0 Å². The predicted molar refractivity (Wildman–Crippen MR) is 137 cm³/mol. The van der Waals surface area contributed by atoms with Crippen molar-refractivity contribution < 1.29 is 27.4 Å². The van der Waals surface area contributed by atoms with Gasteiger partial charge in [-0.1, -0.05) is 6.07 Å². The molecule has 4 aromatic heterocycles. The molecular formula is C23H27N9O6S. The topological polar surface area (TPSA) is 178 Å². The summed E-state index contributed by atoms with van der Waals surface area (Å²) >= 11 is 0. The van der Waals surface area contributed by atoms with Crippen molar-refractivity contribution in [3.05, 3.63) is 54.1 Å². The molecule has 0 saturated carbocycles. The molecule has 0 saturated heterocycles. The van der Waals surface area contributed by atoms with Gasteiger partial charge in [-0.05, 0) is 18.6 Å². The molecule has 0 unspecified atom stereocenters. The highest BCUT2D eigenvalue weighted by molar-refractivity contribution is 7.70. The van der Waals surface area contributed by atoms with Crippen LogP contribution in [0.3, 0.4) is 0 Å². The number of thiol groups is 1. The SMILES string of the molecule is COc1cccc(-c2nnc(C[C@H](N[SH](=O)=O)[C@H](OC)c3ncc(C)cn3)n2-c2c(OC)ncnc2OC)n1. The molecule has 1 N–H and O–H groups in total. The quantitative estimate of drug-likeness (QED) is 0.232. The molecule has 16 heteroatoms. The minimum atomic E-state index is -3.04. The molecule has 206 valence electrons. The molecule has 4 aromatic rings. The van der Waals surface area contributed by atoms with E-state index in [1.54, 1.807) is 35.2 Å². The molecule has 0 fully saturated rings. The van der Waals surface area contributed by atoms with Crippen molar-refractivity contribution in [3.63, 3.8) is 0 Å². The molecule has 39 heavy (non-hydrogen) atoms. The van der Waals surface area contributed by atoms with Gasteiger partial charge in [0.25, 0.3) is 0 Å². The van der Waals surface area contributed by atoms with Gasteiger partial charge in [-0.25, -0.2) is 28.1 Å². The fourth-order valence-corrected chi connectivity index (χ4v) is 4.39. The summed E-state index contributed by atoms with van der Waals surface area (Å²) in [7, 11) is 2.78. The van der Waals surface area contributed by atoms with Crippen LogP contribution in [0.15, 0.2) is 36.9 Å². The predicted octanol–water partition coefficient (Wildman–Crippen LogP) is 0.658. The first-order chi connectivity index (χ1) is 18.9. The Balaban J connectivity index is 1.91. The summed E-state index contributed by atoms with van der Waals surface area (Å²) < 4.78 is 49.8. The van der Waals surface area contributed by atoms with E-state index < -0.39 is 23.0 Å². The van der Waals surface area contributed by atoms with Gasteiger partial charge in [0.05, 0.1) is 27.4 Å². The molecule has 0 bridgehead atoms. The molecular weight excluding hydrogens is 530 g/mol. The first-order valence-electron chi connectivity index (χ1n) is 11.5. The van der Waals surface area contributed by atoms with E-state index in [4.69, 9.17) is 18.9 Å². The molecule has 4 heterocycles. The molecule has 0 radical (unpaired) electrons. The zero-order valence-electron chi connectivity index (χ0n) is 21.8. The number of aromatic nitrogens is 8. The smallest absolute Gasteiger partial charge is 0.245 e. The van der Waals surface area contributed by atoms with E-state index in [-0.39, 0.29) is 35.5 Å². The number of nitrogens with zero attached hydrogens (tertiary/aromatic N) is 8. The molecule has 0 aliphatic carbocycles. The first kappa shape index (κ1) is 27.7. The summed E-state index contributed by atoms with van der Waals surface area (Å²) in [5, 5.41) is 8.75. The molecule has 2 atom stereocenters. The van der Waals surface area contributed by atoms with Crippen LogP contribution in [-0.4, -0.2) is 82.6 Å². The van der Waals surface area contributed by atoms with Crippen molar-refractivity contribution in [1.29, 1.82) is 0 Å². The lowest BCUT2D eigenvalue weighted by Gasteiger charge is -2.24. The van der Waals surface area contributed by atoms with Crippen molar-refractivity contribution in [3.8, 4) is 34.8 Å². The van der Waals surface area contributed by atoms with Crippen molar-refractivity contribution in [2.24, 2.45) is 0 Å². The van der Waals surface area contributed by atoms with Gasteiger partial charge < -0.3 is 18.9 Å². The van der Waals surface area contributed by atoms with Crippen LogP contribution in [0.25, 0.3) is 17.2 Å². The minimum Gasteiger partial charge on any atom is -0.481 e. The van der Waals surface area contributed by atoms with E-state index in [0.717, 1.165) is 5.56 Å². The standard InChI is InChI=1S/C23H27N9O6S/c1-13-10-24-20(25-11-13)19(36-3)15(31-39(33)34)9-16-29-30-21(14-7-6-8-17(28-14)35-2)32(16)18-22(37-4)26-12-27-23(18)38-5/h6-8,10-12,15,19,39H,9H2,1-5H3,(H,31,33,34)/t15-,19-/m0/s1. The van der Waals surface area contributed by atoms with Crippen molar-refractivity contribution in [2.75, 3.05) is 28.4 Å². The lowest BCUT2D eigenvalue weighted by Crippen LogP contribution is -2.38. The zero-order chi connectivity index (χ0) is 27.9. The summed E-state index contributed by atoms with van der Waals surface area (Å²) in [5.41, 5.74) is 1.53. The third kappa shape index (κ3) is 6.08. The van der Waals surface area contributed by atoms with Crippen LogP contribution in [0.5, 0.6) is 17.6 Å². The number of hydrogen-bond acceptors (Lipinski definition) is 13.